The zero-order valence-electron chi connectivity index (χ0n) is 27.7. The van der Waals surface area contributed by atoms with Gasteiger partial charge >= 0.3 is 36.2 Å². The number of rotatable bonds is 8. The minimum absolute atomic E-state index is 0.00277. The summed E-state index contributed by atoms with van der Waals surface area (Å²) in [5.74, 6) is -3.50. The van der Waals surface area contributed by atoms with Crippen molar-refractivity contribution in [2.75, 3.05) is 0 Å². The molecule has 4 saturated carbocycles. The van der Waals surface area contributed by atoms with Gasteiger partial charge in [-0.05, 0) is 86.4 Å². The van der Waals surface area contributed by atoms with Gasteiger partial charge in [-0.25, -0.2) is 0 Å². The Labute approximate surface area is 270 Å². The van der Waals surface area contributed by atoms with Gasteiger partial charge in [-0.2, -0.15) is 26.3 Å². The van der Waals surface area contributed by atoms with Crippen LogP contribution in [0.2, 0.25) is 0 Å². The first kappa shape index (κ1) is 37.3. The van der Waals surface area contributed by atoms with Crippen molar-refractivity contribution >= 4 is 23.9 Å². The van der Waals surface area contributed by atoms with Crippen LogP contribution in [0.3, 0.4) is 0 Å². The second-order valence-electron chi connectivity index (χ2n) is 14.7. The van der Waals surface area contributed by atoms with E-state index in [0.29, 0.717) is 38.5 Å². The number of fused-ring (bicyclic) bond motifs is 5. The summed E-state index contributed by atoms with van der Waals surface area (Å²) in [6.07, 6.45) is -13.3. The van der Waals surface area contributed by atoms with Crippen LogP contribution in [0.4, 0.5) is 26.3 Å². The SMILES string of the molecule is CC(=O)O[C@@H]1CC[C@@]2(C)[C@@H](C1)C[C@@H](OC(C)=O)[C@@H]1[C@@H]2C[C@H](OC(C)=O)[C@]2(C)[C@@H](C(C)CCC(=O)OC(C(F)(F)F)C(F)(F)F)CC[C@@H]12. The third-order valence-corrected chi connectivity index (χ3v) is 12.0. The van der Waals surface area contributed by atoms with Gasteiger partial charge in [0.15, 0.2) is 0 Å². The summed E-state index contributed by atoms with van der Waals surface area (Å²) in [7, 11) is 0. The van der Waals surface area contributed by atoms with Gasteiger partial charge in [0, 0.05) is 38.5 Å². The molecule has 8 nitrogen and oxygen atoms in total. The molecule has 268 valence electrons. The van der Waals surface area contributed by atoms with Crippen molar-refractivity contribution in [3.8, 4) is 0 Å². The zero-order valence-corrected chi connectivity index (χ0v) is 27.7. The first-order valence-electron chi connectivity index (χ1n) is 16.4. The third kappa shape index (κ3) is 7.55. The van der Waals surface area contributed by atoms with Crippen molar-refractivity contribution < 1.29 is 64.5 Å². The molecule has 0 aromatic rings. The number of alkyl halides is 6. The Morgan fingerprint density at radius 2 is 1.38 bits per heavy atom. The number of hydrogen-bond donors (Lipinski definition) is 0. The number of carbonyl (C=O) groups is 4. The lowest BCUT2D eigenvalue weighted by atomic mass is 9.43. The molecule has 0 spiro atoms. The third-order valence-electron chi connectivity index (χ3n) is 12.0. The standard InChI is InChI=1S/C33H46F6O8/c1-16(7-10-27(43)47-29(32(34,35)36)33(37,38)39)22-8-9-23-28-24(15-26(31(22,23)6)46-19(4)42)30(5)12-11-21(44-17(2)40)13-20(30)14-25(28)45-18(3)41/h16,20-26,28-29H,7-15H2,1-6H3/t16?,20-,21+,22+,23-,24-,25+,26-,28-,30-,31+/m0/s1. The van der Waals surface area contributed by atoms with Crippen molar-refractivity contribution in [3.63, 3.8) is 0 Å². The predicted molar refractivity (Wildman–Crippen MR) is 153 cm³/mol. The van der Waals surface area contributed by atoms with Crippen LogP contribution < -0.4 is 0 Å². The van der Waals surface area contributed by atoms with E-state index in [1.807, 2.05) is 6.92 Å². The topological polar surface area (TPSA) is 105 Å². The molecule has 4 rings (SSSR count). The maximum atomic E-state index is 13.0. The molecule has 0 aromatic heterocycles. The van der Waals surface area contributed by atoms with E-state index in [1.54, 1.807) is 6.92 Å². The van der Waals surface area contributed by atoms with Crippen molar-refractivity contribution in [3.05, 3.63) is 0 Å². The van der Waals surface area contributed by atoms with Crippen LogP contribution in [0.1, 0.15) is 99.3 Å². The van der Waals surface area contributed by atoms with Crippen LogP contribution in [0.15, 0.2) is 0 Å². The minimum atomic E-state index is -5.80. The number of carbonyl (C=O) groups excluding carboxylic acids is 4. The van der Waals surface area contributed by atoms with Crippen molar-refractivity contribution in [2.24, 2.45) is 46.3 Å². The lowest BCUT2D eigenvalue weighted by molar-refractivity contribution is -0.313. The molecule has 4 aliphatic carbocycles. The molecule has 4 aliphatic rings. The van der Waals surface area contributed by atoms with E-state index in [9.17, 15) is 45.5 Å². The molecule has 0 heterocycles. The first-order chi connectivity index (χ1) is 21.6. The van der Waals surface area contributed by atoms with Crippen molar-refractivity contribution in [1.82, 2.24) is 0 Å². The summed E-state index contributed by atoms with van der Waals surface area (Å²) < 4.78 is 99.3. The van der Waals surface area contributed by atoms with E-state index in [2.05, 4.69) is 11.7 Å². The fourth-order valence-corrected chi connectivity index (χ4v) is 10.2. The van der Waals surface area contributed by atoms with Gasteiger partial charge in [-0.3, -0.25) is 19.2 Å². The molecule has 0 N–H and O–H groups in total. The highest BCUT2D eigenvalue weighted by atomic mass is 19.4. The molecule has 11 atom stereocenters. The van der Waals surface area contributed by atoms with Crippen LogP contribution in [-0.4, -0.2) is 60.6 Å². The highest BCUT2D eigenvalue weighted by molar-refractivity contribution is 5.69. The van der Waals surface area contributed by atoms with E-state index in [-0.39, 0.29) is 59.4 Å². The van der Waals surface area contributed by atoms with Crippen molar-refractivity contribution in [1.29, 1.82) is 0 Å². The van der Waals surface area contributed by atoms with Crippen LogP contribution in [0.25, 0.3) is 0 Å². The molecule has 47 heavy (non-hydrogen) atoms. The van der Waals surface area contributed by atoms with Gasteiger partial charge in [-0.15, -0.1) is 0 Å². The number of esters is 4. The molecular weight excluding hydrogens is 638 g/mol. The van der Waals surface area contributed by atoms with Crippen LogP contribution in [0.5, 0.6) is 0 Å². The Bertz CT molecular complexity index is 1190. The number of hydrogen-bond acceptors (Lipinski definition) is 8. The average Bonchev–Trinajstić information content (AvgIpc) is 3.27. The lowest BCUT2D eigenvalue weighted by Crippen LogP contribution is -2.63. The van der Waals surface area contributed by atoms with E-state index >= 15 is 0 Å². The molecule has 0 amide bonds. The van der Waals surface area contributed by atoms with Crippen LogP contribution in [0, 0.1) is 46.3 Å². The van der Waals surface area contributed by atoms with E-state index < -0.39 is 60.4 Å². The van der Waals surface area contributed by atoms with E-state index in [0.717, 1.165) is 6.42 Å². The fraction of sp³-hybridized carbons (Fsp3) is 0.879. The van der Waals surface area contributed by atoms with Crippen molar-refractivity contribution in [2.45, 2.75) is 136 Å². The molecule has 0 saturated heterocycles. The Balaban J connectivity index is 1.60. The summed E-state index contributed by atoms with van der Waals surface area (Å²) in [6, 6.07) is 0. The Hall–Kier alpha value is -2.54. The second-order valence-corrected chi connectivity index (χ2v) is 14.7. The lowest BCUT2D eigenvalue weighted by Gasteiger charge is -2.64. The molecule has 0 radical (unpaired) electrons. The normalized spacial score (nSPS) is 37.6. The van der Waals surface area contributed by atoms with Gasteiger partial charge in [-0.1, -0.05) is 20.8 Å². The maximum absolute atomic E-state index is 13.0. The quantitative estimate of drug-likeness (QED) is 0.151. The van der Waals surface area contributed by atoms with Gasteiger partial charge in [0.25, 0.3) is 6.10 Å². The molecule has 4 fully saturated rings. The fourth-order valence-electron chi connectivity index (χ4n) is 10.2. The molecule has 0 bridgehead atoms. The highest BCUT2D eigenvalue weighted by Crippen LogP contribution is 2.69. The Kier molecular flexibility index (Phi) is 10.6. The monoisotopic (exact) mass is 684 g/mol. The number of ether oxygens (including phenoxy) is 4. The molecule has 0 aliphatic heterocycles. The van der Waals surface area contributed by atoms with Crippen LogP contribution in [-0.2, 0) is 38.1 Å². The summed E-state index contributed by atoms with van der Waals surface area (Å²) in [5, 5.41) is 0. The molecule has 1 unspecified atom stereocenters. The van der Waals surface area contributed by atoms with Gasteiger partial charge in [0.05, 0.1) is 0 Å². The zero-order chi connectivity index (χ0) is 35.3. The number of halogens is 6. The van der Waals surface area contributed by atoms with Crippen LogP contribution >= 0.6 is 0 Å². The highest BCUT2D eigenvalue weighted by Gasteiger charge is 2.68. The largest absolute Gasteiger partial charge is 0.463 e. The van der Waals surface area contributed by atoms with E-state index in [4.69, 9.17) is 14.2 Å². The van der Waals surface area contributed by atoms with Gasteiger partial charge in [0.2, 0.25) is 0 Å². The van der Waals surface area contributed by atoms with Gasteiger partial charge < -0.3 is 18.9 Å². The molecular formula is C33H46F6O8. The summed E-state index contributed by atoms with van der Waals surface area (Å²) in [6.45, 7) is 10.1. The van der Waals surface area contributed by atoms with Gasteiger partial charge in [0.1, 0.15) is 18.3 Å². The summed E-state index contributed by atoms with van der Waals surface area (Å²) in [5.41, 5.74) is -0.897. The van der Waals surface area contributed by atoms with E-state index in [1.165, 1.54) is 20.8 Å². The smallest absolute Gasteiger partial charge is 0.434 e. The Morgan fingerprint density at radius 3 is 1.94 bits per heavy atom. The molecule has 14 heteroatoms. The maximum Gasteiger partial charge on any atom is 0.434 e. The molecule has 0 aromatic carbocycles. The summed E-state index contributed by atoms with van der Waals surface area (Å²) >= 11 is 0. The average molecular weight is 685 g/mol. The predicted octanol–water partition coefficient (Wildman–Crippen LogP) is 7.11. The summed E-state index contributed by atoms with van der Waals surface area (Å²) in [4.78, 5) is 48.9. The second kappa shape index (κ2) is 13.4. The first-order valence-corrected chi connectivity index (χ1v) is 16.4. The minimum Gasteiger partial charge on any atom is -0.463 e. The Morgan fingerprint density at radius 1 is 0.787 bits per heavy atom.